The van der Waals surface area contributed by atoms with Crippen molar-refractivity contribution >= 4 is 22.5 Å². The number of aromatic nitrogens is 1. The van der Waals surface area contributed by atoms with Crippen LogP contribution in [0.2, 0.25) is 0 Å². The molecule has 1 heterocycles. The van der Waals surface area contributed by atoms with Crippen molar-refractivity contribution < 1.29 is 14.3 Å². The molecule has 2 aromatic carbocycles. The molecular weight excluding hydrogens is 340 g/mol. The van der Waals surface area contributed by atoms with Crippen molar-refractivity contribution in [3.8, 4) is 11.5 Å². The summed E-state index contributed by atoms with van der Waals surface area (Å²) in [5.41, 5.74) is 3.60. The van der Waals surface area contributed by atoms with E-state index in [1.807, 2.05) is 57.2 Å². The maximum atomic E-state index is 12.7. The lowest BCUT2D eigenvalue weighted by atomic mass is 10.1. The molecule has 1 atom stereocenters. The molecular formula is C22H24N2O3. The number of carbonyl (C=O) groups is 1. The van der Waals surface area contributed by atoms with Crippen molar-refractivity contribution in [3.05, 3.63) is 59.8 Å². The zero-order valence-corrected chi connectivity index (χ0v) is 16.1. The summed E-state index contributed by atoms with van der Waals surface area (Å²) in [6, 6.07) is 13.3. The lowest BCUT2D eigenvalue weighted by Crippen LogP contribution is -2.30. The summed E-state index contributed by atoms with van der Waals surface area (Å²) in [5, 5.41) is 3.77. The van der Waals surface area contributed by atoms with E-state index in [4.69, 9.17) is 9.47 Å². The van der Waals surface area contributed by atoms with Crippen molar-refractivity contribution in [3.63, 3.8) is 0 Å². The maximum absolute atomic E-state index is 12.7. The Morgan fingerprint density at radius 2 is 1.89 bits per heavy atom. The van der Waals surface area contributed by atoms with Crippen LogP contribution in [0.3, 0.4) is 0 Å². The normalized spacial score (nSPS) is 11.9. The summed E-state index contributed by atoms with van der Waals surface area (Å²) >= 11 is 0. The third kappa shape index (κ3) is 4.37. The molecule has 27 heavy (non-hydrogen) atoms. The predicted molar refractivity (Wildman–Crippen MR) is 108 cm³/mol. The minimum absolute atomic E-state index is 0.219. The largest absolute Gasteiger partial charge is 0.492 e. The molecule has 0 aliphatic rings. The number of benzene rings is 2. The highest BCUT2D eigenvalue weighted by molar-refractivity contribution is 6.04. The van der Waals surface area contributed by atoms with Gasteiger partial charge < -0.3 is 14.8 Å². The average Bonchev–Trinajstić information content (AvgIpc) is 2.63. The number of nitrogens with zero attached hydrogens (tertiary/aromatic N) is 1. The number of hydrogen-bond donors (Lipinski definition) is 1. The van der Waals surface area contributed by atoms with E-state index in [0.29, 0.717) is 23.8 Å². The summed E-state index contributed by atoms with van der Waals surface area (Å²) in [6.45, 7) is 8.23. The Kier molecular flexibility index (Phi) is 5.60. The first-order valence-corrected chi connectivity index (χ1v) is 9.04. The summed E-state index contributed by atoms with van der Waals surface area (Å²) in [7, 11) is 0. The third-order valence-electron chi connectivity index (χ3n) is 4.17. The van der Waals surface area contributed by atoms with E-state index in [1.54, 1.807) is 13.1 Å². The quantitative estimate of drug-likeness (QED) is 0.691. The van der Waals surface area contributed by atoms with Gasteiger partial charge in [0.05, 0.1) is 12.3 Å². The second-order valence-corrected chi connectivity index (χ2v) is 6.52. The number of pyridine rings is 1. The number of nitrogens with one attached hydrogen (secondary N) is 1. The van der Waals surface area contributed by atoms with E-state index in [9.17, 15) is 4.79 Å². The third-order valence-corrected chi connectivity index (χ3v) is 4.17. The molecule has 1 N–H and O–H groups in total. The molecule has 3 rings (SSSR count). The Balaban J connectivity index is 1.80. The van der Waals surface area contributed by atoms with Crippen LogP contribution >= 0.6 is 0 Å². The predicted octanol–water partition coefficient (Wildman–Crippen LogP) is 4.66. The number of fused-ring (bicyclic) bond motifs is 1. The molecule has 0 aliphatic heterocycles. The van der Waals surface area contributed by atoms with Crippen LogP contribution in [0.1, 0.15) is 25.0 Å². The minimum atomic E-state index is -0.635. The van der Waals surface area contributed by atoms with Crippen molar-refractivity contribution in [2.45, 2.75) is 33.8 Å². The summed E-state index contributed by atoms with van der Waals surface area (Å²) < 4.78 is 11.5. The molecule has 5 nitrogen and oxygen atoms in total. The van der Waals surface area contributed by atoms with Gasteiger partial charge in [-0.1, -0.05) is 6.07 Å². The summed E-state index contributed by atoms with van der Waals surface area (Å²) in [4.78, 5) is 17.0. The van der Waals surface area contributed by atoms with Crippen LogP contribution in [0.15, 0.2) is 48.7 Å². The van der Waals surface area contributed by atoms with Crippen LogP contribution < -0.4 is 14.8 Å². The van der Waals surface area contributed by atoms with E-state index < -0.39 is 6.10 Å². The van der Waals surface area contributed by atoms with Crippen LogP contribution in [0, 0.1) is 13.8 Å². The molecule has 0 saturated heterocycles. The summed E-state index contributed by atoms with van der Waals surface area (Å²) in [6.07, 6.45) is 1.08. The van der Waals surface area contributed by atoms with Gasteiger partial charge in [0.15, 0.2) is 6.10 Å². The Morgan fingerprint density at radius 1 is 1.15 bits per heavy atom. The van der Waals surface area contributed by atoms with E-state index >= 15 is 0 Å². The van der Waals surface area contributed by atoms with Gasteiger partial charge in [-0.05, 0) is 75.2 Å². The Hall–Kier alpha value is -3.08. The number of rotatable bonds is 6. The number of aryl methyl sites for hydroxylation is 2. The standard InChI is InChI=1S/C22H24N2O3/c1-5-26-20-9-8-19(18-7-6-10-23-21(18)20)24-22(25)16(4)27-17-12-14(2)11-15(3)13-17/h6-13,16H,5H2,1-4H3,(H,24,25)/t16-/m0/s1. The van der Waals surface area contributed by atoms with Gasteiger partial charge in [0.1, 0.15) is 17.0 Å². The highest BCUT2D eigenvalue weighted by Gasteiger charge is 2.17. The van der Waals surface area contributed by atoms with E-state index in [-0.39, 0.29) is 5.91 Å². The fourth-order valence-corrected chi connectivity index (χ4v) is 3.02. The number of amides is 1. The van der Waals surface area contributed by atoms with Crippen molar-refractivity contribution in [2.75, 3.05) is 11.9 Å². The van der Waals surface area contributed by atoms with Gasteiger partial charge >= 0.3 is 0 Å². The molecule has 0 aliphatic carbocycles. The SMILES string of the molecule is CCOc1ccc(NC(=O)[C@H](C)Oc2cc(C)cc(C)c2)c2cccnc12. The summed E-state index contributed by atoms with van der Waals surface area (Å²) in [5.74, 6) is 1.17. The average molecular weight is 364 g/mol. The molecule has 0 bridgehead atoms. The monoisotopic (exact) mass is 364 g/mol. The molecule has 0 unspecified atom stereocenters. The zero-order valence-electron chi connectivity index (χ0n) is 16.1. The van der Waals surface area contributed by atoms with E-state index in [2.05, 4.69) is 16.4 Å². The Labute approximate surface area is 159 Å². The highest BCUT2D eigenvalue weighted by atomic mass is 16.5. The van der Waals surface area contributed by atoms with Gasteiger partial charge in [0.2, 0.25) is 0 Å². The fraction of sp³-hybridized carbons (Fsp3) is 0.273. The smallest absolute Gasteiger partial charge is 0.265 e. The first-order chi connectivity index (χ1) is 13.0. The second kappa shape index (κ2) is 8.08. The molecule has 0 saturated carbocycles. The number of anilines is 1. The van der Waals surface area contributed by atoms with Crippen molar-refractivity contribution in [2.24, 2.45) is 0 Å². The van der Waals surface area contributed by atoms with Crippen molar-refractivity contribution in [1.82, 2.24) is 4.98 Å². The molecule has 5 heteroatoms. The Bertz CT molecular complexity index is 949. The molecule has 1 amide bonds. The lowest BCUT2D eigenvalue weighted by Gasteiger charge is -2.17. The topological polar surface area (TPSA) is 60.5 Å². The molecule has 0 radical (unpaired) electrons. The van der Waals surface area contributed by atoms with Gasteiger partial charge in [0, 0.05) is 11.6 Å². The van der Waals surface area contributed by atoms with Crippen LogP contribution in [-0.2, 0) is 4.79 Å². The lowest BCUT2D eigenvalue weighted by molar-refractivity contribution is -0.122. The first-order valence-electron chi connectivity index (χ1n) is 9.04. The van der Waals surface area contributed by atoms with E-state index in [1.165, 1.54) is 0 Å². The number of hydrogen-bond acceptors (Lipinski definition) is 4. The minimum Gasteiger partial charge on any atom is -0.492 e. The first kappa shape index (κ1) is 18.7. The number of carbonyl (C=O) groups excluding carboxylic acids is 1. The fourth-order valence-electron chi connectivity index (χ4n) is 3.02. The highest BCUT2D eigenvalue weighted by Crippen LogP contribution is 2.30. The Morgan fingerprint density at radius 3 is 2.59 bits per heavy atom. The number of ether oxygens (including phenoxy) is 2. The molecule has 3 aromatic rings. The molecule has 1 aromatic heterocycles. The van der Waals surface area contributed by atoms with Gasteiger partial charge in [-0.25, -0.2) is 0 Å². The molecule has 0 fully saturated rings. The van der Waals surface area contributed by atoms with Crippen LogP contribution in [0.5, 0.6) is 11.5 Å². The van der Waals surface area contributed by atoms with Crippen LogP contribution in [0.4, 0.5) is 5.69 Å². The van der Waals surface area contributed by atoms with Gasteiger partial charge in [0.25, 0.3) is 5.91 Å². The van der Waals surface area contributed by atoms with Gasteiger partial charge in [-0.3, -0.25) is 9.78 Å². The molecule has 0 spiro atoms. The maximum Gasteiger partial charge on any atom is 0.265 e. The van der Waals surface area contributed by atoms with Crippen LogP contribution in [0.25, 0.3) is 10.9 Å². The van der Waals surface area contributed by atoms with Crippen molar-refractivity contribution in [1.29, 1.82) is 0 Å². The van der Waals surface area contributed by atoms with Crippen LogP contribution in [-0.4, -0.2) is 23.6 Å². The zero-order chi connectivity index (χ0) is 19.4. The second-order valence-electron chi connectivity index (χ2n) is 6.52. The molecule has 140 valence electrons. The van der Waals surface area contributed by atoms with E-state index in [0.717, 1.165) is 22.0 Å². The van der Waals surface area contributed by atoms with Gasteiger partial charge in [-0.15, -0.1) is 0 Å². The van der Waals surface area contributed by atoms with Gasteiger partial charge in [-0.2, -0.15) is 0 Å².